The minimum absolute atomic E-state index is 0.246. The third-order valence-corrected chi connectivity index (χ3v) is 4.50. The molecule has 156 valence electrons. The van der Waals surface area contributed by atoms with Crippen molar-refractivity contribution >= 4 is 17.5 Å². The number of rotatable bonds is 9. The van der Waals surface area contributed by atoms with E-state index in [0.717, 1.165) is 13.0 Å². The Morgan fingerprint density at radius 3 is 2.57 bits per heavy atom. The summed E-state index contributed by atoms with van der Waals surface area (Å²) >= 11 is 0. The van der Waals surface area contributed by atoms with E-state index in [4.69, 9.17) is 9.47 Å². The van der Waals surface area contributed by atoms with Crippen LogP contribution in [-0.2, 0) is 6.54 Å². The van der Waals surface area contributed by atoms with Gasteiger partial charge in [-0.1, -0.05) is 12.1 Å². The number of benzene rings is 2. The van der Waals surface area contributed by atoms with Crippen LogP contribution >= 0.6 is 0 Å². The van der Waals surface area contributed by atoms with E-state index in [1.807, 2.05) is 10.8 Å². The number of carbonyl (C=O) groups excluding carboxylic acids is 2. The SMILES string of the molecule is COc1ccc(C(=O)Nc2ccccc2C(=O)NCCCn2ccnc2)cc1OC. The number of carbonyl (C=O) groups is 2. The van der Waals surface area contributed by atoms with Gasteiger partial charge in [-0.15, -0.1) is 0 Å². The number of aromatic nitrogens is 2. The fourth-order valence-corrected chi connectivity index (χ4v) is 2.94. The number of anilines is 1. The molecule has 30 heavy (non-hydrogen) atoms. The fourth-order valence-electron chi connectivity index (χ4n) is 2.94. The van der Waals surface area contributed by atoms with Gasteiger partial charge in [-0.3, -0.25) is 9.59 Å². The van der Waals surface area contributed by atoms with Crippen LogP contribution in [0.1, 0.15) is 27.1 Å². The molecule has 2 N–H and O–H groups in total. The number of nitrogens with one attached hydrogen (secondary N) is 2. The third-order valence-electron chi connectivity index (χ3n) is 4.50. The molecule has 0 bridgehead atoms. The molecule has 8 heteroatoms. The average molecular weight is 408 g/mol. The number of para-hydroxylation sites is 1. The predicted molar refractivity (Wildman–Crippen MR) is 113 cm³/mol. The van der Waals surface area contributed by atoms with Crippen LogP contribution in [0.25, 0.3) is 0 Å². The normalized spacial score (nSPS) is 10.3. The molecule has 2 amide bonds. The molecule has 2 aromatic carbocycles. The first-order valence-corrected chi connectivity index (χ1v) is 9.48. The molecule has 3 aromatic rings. The Bertz CT molecular complexity index is 1000. The number of nitrogens with zero attached hydrogens (tertiary/aromatic N) is 2. The van der Waals surface area contributed by atoms with Gasteiger partial charge in [0.1, 0.15) is 0 Å². The molecule has 0 aliphatic carbocycles. The number of hydrogen-bond donors (Lipinski definition) is 2. The molecule has 0 fully saturated rings. The highest BCUT2D eigenvalue weighted by atomic mass is 16.5. The topological polar surface area (TPSA) is 94.5 Å². The Morgan fingerprint density at radius 1 is 1.03 bits per heavy atom. The maximum Gasteiger partial charge on any atom is 0.255 e. The third kappa shape index (κ3) is 5.16. The molecule has 0 saturated carbocycles. The first-order chi connectivity index (χ1) is 14.6. The minimum Gasteiger partial charge on any atom is -0.493 e. The summed E-state index contributed by atoms with van der Waals surface area (Å²) in [7, 11) is 3.04. The summed E-state index contributed by atoms with van der Waals surface area (Å²) in [5.41, 5.74) is 1.22. The van der Waals surface area contributed by atoms with Gasteiger partial charge in [-0.25, -0.2) is 4.98 Å². The lowest BCUT2D eigenvalue weighted by atomic mass is 10.1. The van der Waals surface area contributed by atoms with Gasteiger partial charge in [0.25, 0.3) is 11.8 Å². The monoisotopic (exact) mass is 408 g/mol. The summed E-state index contributed by atoms with van der Waals surface area (Å²) in [6.45, 7) is 1.27. The highest BCUT2D eigenvalue weighted by molar-refractivity contribution is 6.09. The van der Waals surface area contributed by atoms with Crippen molar-refractivity contribution in [3.8, 4) is 11.5 Å². The zero-order chi connectivity index (χ0) is 21.3. The lowest BCUT2D eigenvalue weighted by Crippen LogP contribution is -2.26. The van der Waals surface area contributed by atoms with Gasteiger partial charge in [-0.2, -0.15) is 0 Å². The number of amides is 2. The second-order valence-electron chi connectivity index (χ2n) is 6.48. The Hall–Kier alpha value is -3.81. The molecule has 0 aliphatic rings. The van der Waals surface area contributed by atoms with Crippen molar-refractivity contribution in [3.63, 3.8) is 0 Å². The van der Waals surface area contributed by atoms with Crippen LogP contribution in [0.4, 0.5) is 5.69 Å². The van der Waals surface area contributed by atoms with Crippen molar-refractivity contribution < 1.29 is 19.1 Å². The molecule has 0 saturated heterocycles. The molecule has 8 nitrogen and oxygen atoms in total. The Morgan fingerprint density at radius 2 is 1.83 bits per heavy atom. The van der Waals surface area contributed by atoms with Crippen LogP contribution in [0.5, 0.6) is 11.5 Å². The highest BCUT2D eigenvalue weighted by Crippen LogP contribution is 2.28. The molecular weight excluding hydrogens is 384 g/mol. The number of aryl methyl sites for hydroxylation is 1. The average Bonchev–Trinajstić information content (AvgIpc) is 3.30. The van der Waals surface area contributed by atoms with E-state index in [2.05, 4.69) is 15.6 Å². The minimum atomic E-state index is -0.351. The van der Waals surface area contributed by atoms with E-state index in [1.165, 1.54) is 14.2 Å². The quantitative estimate of drug-likeness (QED) is 0.531. The van der Waals surface area contributed by atoms with Crippen molar-refractivity contribution in [3.05, 3.63) is 72.3 Å². The van der Waals surface area contributed by atoms with Crippen LogP contribution in [-0.4, -0.2) is 42.1 Å². The van der Waals surface area contributed by atoms with Gasteiger partial charge in [0.2, 0.25) is 0 Å². The van der Waals surface area contributed by atoms with Gasteiger partial charge in [0.15, 0.2) is 11.5 Å². The molecule has 1 aromatic heterocycles. The number of ether oxygens (including phenoxy) is 2. The summed E-state index contributed by atoms with van der Waals surface area (Å²) < 4.78 is 12.4. The van der Waals surface area contributed by atoms with Gasteiger partial charge < -0.3 is 24.7 Å². The van der Waals surface area contributed by atoms with Crippen molar-refractivity contribution in [2.24, 2.45) is 0 Å². The maximum absolute atomic E-state index is 12.7. The van der Waals surface area contributed by atoms with Gasteiger partial charge in [0, 0.05) is 31.0 Å². The molecule has 0 unspecified atom stereocenters. The van der Waals surface area contributed by atoms with Crippen LogP contribution in [0.3, 0.4) is 0 Å². The van der Waals surface area contributed by atoms with Gasteiger partial charge in [-0.05, 0) is 36.8 Å². The highest BCUT2D eigenvalue weighted by Gasteiger charge is 2.15. The molecule has 3 rings (SSSR count). The standard InChI is InChI=1S/C22H24N4O4/c1-29-19-9-8-16(14-20(19)30-2)21(27)25-18-7-4-3-6-17(18)22(28)24-10-5-12-26-13-11-23-15-26/h3-4,6-9,11,13-15H,5,10,12H2,1-2H3,(H,24,28)(H,25,27). The van der Waals surface area contributed by atoms with Crippen molar-refractivity contribution in [2.45, 2.75) is 13.0 Å². The molecule has 0 aliphatic heterocycles. The number of hydrogen-bond acceptors (Lipinski definition) is 5. The summed E-state index contributed by atoms with van der Waals surface area (Å²) in [6.07, 6.45) is 6.10. The van der Waals surface area contributed by atoms with Crippen molar-refractivity contribution in [2.75, 3.05) is 26.1 Å². The lowest BCUT2D eigenvalue weighted by molar-refractivity contribution is 0.0953. The molecule has 0 atom stereocenters. The zero-order valence-corrected chi connectivity index (χ0v) is 16.9. The lowest BCUT2D eigenvalue weighted by Gasteiger charge is -2.13. The van der Waals surface area contributed by atoms with E-state index in [9.17, 15) is 9.59 Å². The van der Waals surface area contributed by atoms with E-state index in [0.29, 0.717) is 34.9 Å². The van der Waals surface area contributed by atoms with Crippen LogP contribution in [0.15, 0.2) is 61.2 Å². The van der Waals surface area contributed by atoms with E-state index < -0.39 is 0 Å². The molecular formula is C22H24N4O4. The van der Waals surface area contributed by atoms with Crippen LogP contribution in [0, 0.1) is 0 Å². The molecule has 0 spiro atoms. The zero-order valence-electron chi connectivity index (χ0n) is 16.9. The molecule has 0 radical (unpaired) electrons. The van der Waals surface area contributed by atoms with E-state index >= 15 is 0 Å². The molecule has 1 heterocycles. The van der Waals surface area contributed by atoms with E-state index in [-0.39, 0.29) is 11.8 Å². The summed E-state index contributed by atoms with van der Waals surface area (Å²) in [5, 5.41) is 5.69. The van der Waals surface area contributed by atoms with Gasteiger partial charge >= 0.3 is 0 Å². The largest absolute Gasteiger partial charge is 0.493 e. The number of methoxy groups -OCH3 is 2. The second kappa shape index (κ2) is 10.1. The first-order valence-electron chi connectivity index (χ1n) is 9.48. The van der Waals surface area contributed by atoms with Crippen molar-refractivity contribution in [1.82, 2.24) is 14.9 Å². The number of imidazole rings is 1. The first kappa shape index (κ1) is 20.9. The Kier molecular flexibility index (Phi) is 7.05. The summed E-state index contributed by atoms with van der Waals surface area (Å²) in [4.78, 5) is 29.3. The van der Waals surface area contributed by atoms with Crippen LogP contribution < -0.4 is 20.1 Å². The van der Waals surface area contributed by atoms with Crippen LogP contribution in [0.2, 0.25) is 0 Å². The summed E-state index contributed by atoms with van der Waals surface area (Å²) in [6, 6.07) is 11.8. The Labute approximate surface area is 174 Å². The van der Waals surface area contributed by atoms with Crippen molar-refractivity contribution in [1.29, 1.82) is 0 Å². The summed E-state index contributed by atoms with van der Waals surface area (Å²) in [5.74, 6) is 0.388. The van der Waals surface area contributed by atoms with E-state index in [1.54, 1.807) is 55.0 Å². The van der Waals surface area contributed by atoms with Gasteiger partial charge in [0.05, 0.1) is 31.8 Å². The Balaban J connectivity index is 1.64. The maximum atomic E-state index is 12.7. The fraction of sp³-hybridized carbons (Fsp3) is 0.227. The predicted octanol–water partition coefficient (Wildman–Crippen LogP) is 2.97. The second-order valence-corrected chi connectivity index (χ2v) is 6.48. The smallest absolute Gasteiger partial charge is 0.255 e.